The molecule has 8 nitrogen and oxygen atoms in total. The fraction of sp³-hybridized carbons (Fsp3) is 0.360. The molecule has 1 saturated heterocycles. The molecular formula is C25H27N3O5. The minimum Gasteiger partial charge on any atom is -0.462 e. The van der Waals surface area contributed by atoms with Crippen LogP contribution < -0.4 is 4.90 Å². The first-order valence-electron chi connectivity index (χ1n) is 10.6. The fourth-order valence-electron chi connectivity index (χ4n) is 3.47. The zero-order valence-electron chi connectivity index (χ0n) is 18.6. The molecule has 0 saturated carbocycles. The van der Waals surface area contributed by atoms with Crippen LogP contribution in [-0.2, 0) is 14.2 Å². The Balaban J connectivity index is 1.54. The second kappa shape index (κ2) is 11.5. The number of nitriles is 2. The van der Waals surface area contributed by atoms with E-state index in [9.17, 15) is 5.11 Å². The average Bonchev–Trinajstić information content (AvgIpc) is 3.18. The van der Waals surface area contributed by atoms with Crippen molar-refractivity contribution in [2.45, 2.75) is 31.8 Å². The Hall–Kier alpha value is -3.40. The monoisotopic (exact) mass is 449 g/mol. The molecule has 3 atom stereocenters. The maximum absolute atomic E-state index is 9.75. The molecule has 172 valence electrons. The van der Waals surface area contributed by atoms with Gasteiger partial charge in [0.05, 0.1) is 19.3 Å². The van der Waals surface area contributed by atoms with Gasteiger partial charge in [-0.1, -0.05) is 18.2 Å². The second-order valence-electron chi connectivity index (χ2n) is 7.76. The van der Waals surface area contributed by atoms with Gasteiger partial charge < -0.3 is 29.3 Å². The smallest absolute Gasteiger partial charge is 0.160 e. The van der Waals surface area contributed by atoms with Gasteiger partial charge in [0, 0.05) is 31.3 Å². The molecule has 3 unspecified atom stereocenters. The lowest BCUT2D eigenvalue weighted by atomic mass is 10.1. The van der Waals surface area contributed by atoms with E-state index in [1.54, 1.807) is 25.2 Å². The number of aliphatic hydroxyl groups is 2. The Morgan fingerprint density at radius 2 is 1.94 bits per heavy atom. The molecule has 0 spiro atoms. The number of hydrogen-bond donors (Lipinski definition) is 2. The zero-order chi connectivity index (χ0) is 23.8. The molecule has 3 rings (SSSR count). The molecular weight excluding hydrogens is 422 g/mol. The first kappa shape index (κ1) is 24.2. The SMILES string of the molecule is CC1=CC(=C(C#N)C#N)C=C(/C=C/c2ccc(N(C)CCOC3CC(O)C(CO)O3)cc2)O1. The average molecular weight is 450 g/mol. The second-order valence-corrected chi connectivity index (χ2v) is 7.76. The molecule has 33 heavy (non-hydrogen) atoms. The molecule has 0 radical (unpaired) electrons. The maximum Gasteiger partial charge on any atom is 0.160 e. The Morgan fingerprint density at radius 1 is 1.21 bits per heavy atom. The van der Waals surface area contributed by atoms with Crippen molar-refractivity contribution in [2.24, 2.45) is 0 Å². The summed E-state index contributed by atoms with van der Waals surface area (Å²) in [5.74, 6) is 1.16. The molecule has 0 aliphatic carbocycles. The number of benzene rings is 1. The summed E-state index contributed by atoms with van der Waals surface area (Å²) in [5.41, 5.74) is 2.56. The third-order valence-electron chi connectivity index (χ3n) is 5.32. The minimum atomic E-state index is -0.699. The lowest BCUT2D eigenvalue weighted by Gasteiger charge is -2.21. The van der Waals surface area contributed by atoms with Gasteiger partial charge in [-0.05, 0) is 42.8 Å². The van der Waals surface area contributed by atoms with Gasteiger partial charge in [-0.3, -0.25) is 0 Å². The largest absolute Gasteiger partial charge is 0.462 e. The van der Waals surface area contributed by atoms with E-state index in [1.165, 1.54) is 0 Å². The van der Waals surface area contributed by atoms with Gasteiger partial charge in [0.2, 0.25) is 0 Å². The quantitative estimate of drug-likeness (QED) is 0.582. The van der Waals surface area contributed by atoms with Crippen LogP contribution in [0.25, 0.3) is 6.08 Å². The van der Waals surface area contributed by atoms with Gasteiger partial charge in [-0.15, -0.1) is 0 Å². The van der Waals surface area contributed by atoms with Crippen molar-refractivity contribution in [3.63, 3.8) is 0 Å². The number of ether oxygens (including phenoxy) is 3. The number of allylic oxidation sites excluding steroid dienone is 6. The summed E-state index contributed by atoms with van der Waals surface area (Å²) in [6.45, 7) is 2.61. The number of anilines is 1. The van der Waals surface area contributed by atoms with Crippen molar-refractivity contribution in [2.75, 3.05) is 31.7 Å². The van der Waals surface area contributed by atoms with Crippen LogP contribution in [0.4, 0.5) is 5.69 Å². The van der Waals surface area contributed by atoms with Crippen LogP contribution in [-0.4, -0.2) is 55.5 Å². The number of rotatable bonds is 8. The van der Waals surface area contributed by atoms with Crippen molar-refractivity contribution < 1.29 is 24.4 Å². The summed E-state index contributed by atoms with van der Waals surface area (Å²) in [7, 11) is 1.96. The highest BCUT2D eigenvalue weighted by Gasteiger charge is 2.33. The predicted octanol–water partition coefficient (Wildman–Crippen LogP) is 2.78. The van der Waals surface area contributed by atoms with E-state index in [4.69, 9.17) is 29.8 Å². The number of nitrogens with zero attached hydrogens (tertiary/aromatic N) is 3. The maximum atomic E-state index is 9.75. The van der Waals surface area contributed by atoms with E-state index >= 15 is 0 Å². The molecule has 0 amide bonds. The van der Waals surface area contributed by atoms with Gasteiger partial charge in [-0.2, -0.15) is 10.5 Å². The Morgan fingerprint density at radius 3 is 2.58 bits per heavy atom. The molecule has 2 N–H and O–H groups in total. The third kappa shape index (κ3) is 6.55. The van der Waals surface area contributed by atoms with Crippen LogP contribution in [0.3, 0.4) is 0 Å². The molecule has 2 aliphatic heterocycles. The van der Waals surface area contributed by atoms with E-state index in [-0.39, 0.29) is 12.2 Å². The molecule has 0 bridgehead atoms. The van der Waals surface area contributed by atoms with Crippen molar-refractivity contribution in [1.29, 1.82) is 10.5 Å². The highest BCUT2D eigenvalue weighted by Crippen LogP contribution is 2.24. The van der Waals surface area contributed by atoms with Gasteiger partial charge in [0.25, 0.3) is 0 Å². The summed E-state index contributed by atoms with van der Waals surface area (Å²) in [4.78, 5) is 2.05. The van der Waals surface area contributed by atoms with Gasteiger partial charge >= 0.3 is 0 Å². The summed E-state index contributed by atoms with van der Waals surface area (Å²) in [5, 5.41) is 37.0. The van der Waals surface area contributed by atoms with Crippen LogP contribution in [0.2, 0.25) is 0 Å². The minimum absolute atomic E-state index is 0.0452. The molecule has 0 aromatic heterocycles. The molecule has 1 aromatic rings. The van der Waals surface area contributed by atoms with Gasteiger partial charge in [-0.25, -0.2) is 0 Å². The number of likely N-dealkylation sites (N-methyl/N-ethyl adjacent to an activating group) is 1. The summed E-state index contributed by atoms with van der Waals surface area (Å²) in [6.07, 6.45) is 5.61. The van der Waals surface area contributed by atoms with Crippen LogP contribution in [0.1, 0.15) is 18.9 Å². The summed E-state index contributed by atoms with van der Waals surface area (Å²) < 4.78 is 16.8. The van der Waals surface area contributed by atoms with E-state index in [2.05, 4.69) is 0 Å². The third-order valence-corrected chi connectivity index (χ3v) is 5.32. The standard InChI is InChI=1S/C25H27N3O5/c1-17-11-19(20(14-26)15-27)12-22(32-17)8-5-18-3-6-21(7-4-18)28(2)9-10-31-25-13-23(30)24(16-29)33-25/h3-8,11-12,23-25,29-30H,9-10,13,16H2,1-2H3/b8-5+. The van der Waals surface area contributed by atoms with Crippen molar-refractivity contribution in [1.82, 2.24) is 0 Å². The first-order valence-corrected chi connectivity index (χ1v) is 10.6. The fourth-order valence-corrected chi connectivity index (χ4v) is 3.47. The predicted molar refractivity (Wildman–Crippen MR) is 122 cm³/mol. The van der Waals surface area contributed by atoms with Crippen LogP contribution >= 0.6 is 0 Å². The highest BCUT2D eigenvalue weighted by molar-refractivity contribution is 5.59. The van der Waals surface area contributed by atoms with Crippen LogP contribution in [0.15, 0.2) is 65.2 Å². The van der Waals surface area contributed by atoms with Crippen molar-refractivity contribution >= 4 is 11.8 Å². The van der Waals surface area contributed by atoms with Crippen molar-refractivity contribution in [3.05, 3.63) is 70.7 Å². The Bertz CT molecular complexity index is 1030. The van der Waals surface area contributed by atoms with E-state index < -0.39 is 18.5 Å². The Labute approximate surface area is 193 Å². The molecule has 2 aliphatic rings. The van der Waals surface area contributed by atoms with Crippen LogP contribution in [0, 0.1) is 22.7 Å². The molecule has 1 fully saturated rings. The first-order chi connectivity index (χ1) is 15.9. The van der Waals surface area contributed by atoms with Gasteiger partial charge in [0.1, 0.15) is 35.3 Å². The number of hydrogen-bond acceptors (Lipinski definition) is 8. The lowest BCUT2D eigenvalue weighted by Crippen LogP contribution is -2.26. The van der Waals surface area contributed by atoms with E-state index in [0.29, 0.717) is 36.7 Å². The summed E-state index contributed by atoms with van der Waals surface area (Å²) >= 11 is 0. The topological polar surface area (TPSA) is 119 Å². The van der Waals surface area contributed by atoms with Crippen LogP contribution in [0.5, 0.6) is 0 Å². The van der Waals surface area contributed by atoms with Gasteiger partial charge in [0.15, 0.2) is 6.29 Å². The normalized spacial score (nSPS) is 22.2. The van der Waals surface area contributed by atoms with E-state index in [1.807, 2.05) is 54.4 Å². The molecule has 8 heteroatoms. The summed E-state index contributed by atoms with van der Waals surface area (Å²) in [6, 6.07) is 11.7. The highest BCUT2D eigenvalue weighted by atomic mass is 16.7. The van der Waals surface area contributed by atoms with Crippen molar-refractivity contribution in [3.8, 4) is 12.1 Å². The Kier molecular flexibility index (Phi) is 8.42. The lowest BCUT2D eigenvalue weighted by molar-refractivity contribution is -0.141. The molecule has 1 aromatic carbocycles. The molecule has 2 heterocycles. The van der Waals surface area contributed by atoms with E-state index in [0.717, 1.165) is 11.3 Å². The number of aliphatic hydroxyl groups excluding tert-OH is 2. The zero-order valence-corrected chi connectivity index (χ0v) is 18.6.